The van der Waals surface area contributed by atoms with Crippen LogP contribution in [0.2, 0.25) is 0 Å². The van der Waals surface area contributed by atoms with E-state index in [0.717, 1.165) is 47.1 Å². The largest absolute Gasteiger partial charge is 0.399 e. The van der Waals surface area contributed by atoms with E-state index in [4.69, 9.17) is 16.7 Å². The summed E-state index contributed by atoms with van der Waals surface area (Å²) < 4.78 is 0. The highest BCUT2D eigenvalue weighted by molar-refractivity contribution is 5.93. The molecule has 3 aromatic rings. The molecule has 1 aromatic heterocycles. The van der Waals surface area contributed by atoms with Gasteiger partial charge in [-0.15, -0.1) is 0 Å². The first-order valence-electron chi connectivity index (χ1n) is 14.0. The number of rotatable bonds is 11. The van der Waals surface area contributed by atoms with E-state index in [1.165, 1.54) is 6.33 Å². The second-order valence-corrected chi connectivity index (χ2v) is 11.1. The van der Waals surface area contributed by atoms with E-state index in [0.29, 0.717) is 48.8 Å². The number of nitrogens with two attached hydrogens (primary N) is 2. The van der Waals surface area contributed by atoms with E-state index in [-0.39, 0.29) is 18.5 Å². The van der Waals surface area contributed by atoms with Gasteiger partial charge in [-0.2, -0.15) is 10.4 Å². The molecule has 3 atom stereocenters. The summed E-state index contributed by atoms with van der Waals surface area (Å²) in [4.78, 5) is 31.5. The van der Waals surface area contributed by atoms with Crippen molar-refractivity contribution < 1.29 is 9.59 Å². The fraction of sp³-hybridized carbons (Fsp3) is 0.387. The number of aryl methyl sites for hydroxylation is 2. The van der Waals surface area contributed by atoms with Crippen LogP contribution in [0, 0.1) is 17.2 Å². The van der Waals surface area contributed by atoms with Crippen molar-refractivity contribution in [2.24, 2.45) is 17.4 Å². The Morgan fingerprint density at radius 3 is 2.46 bits per heavy atom. The number of benzene rings is 2. The molecular weight excluding hydrogens is 516 g/mol. The molecule has 0 spiro atoms. The molecule has 2 aliphatic rings. The van der Waals surface area contributed by atoms with Crippen LogP contribution >= 0.6 is 0 Å². The Morgan fingerprint density at radius 2 is 1.85 bits per heavy atom. The lowest BCUT2D eigenvalue weighted by molar-refractivity contribution is -0.129. The summed E-state index contributed by atoms with van der Waals surface area (Å²) in [7, 11) is 1.84. The van der Waals surface area contributed by atoms with Gasteiger partial charge in [-0.05, 0) is 90.6 Å². The normalized spacial score (nSPS) is 20.7. The summed E-state index contributed by atoms with van der Waals surface area (Å²) in [5, 5.41) is 19.5. The number of nitrogens with one attached hydrogen (secondary N) is 2. The standard InChI is InChI=1S/C31H36N8O2/c1-19(33)20-7-9-25-21(14-20)5-6-22-15-24(29(34)41)8-10-26(22)31(25,30-36-18-37-38-30)11-13-35-17-28(40)39(2)27-16-23(27)4-3-12-32/h7-10,14-15,18,23,27,35H,1,3-6,11,13,16-17,33H2,2H3,(H2,34,41)(H,36,37,38). The van der Waals surface area contributed by atoms with Crippen LogP contribution in [0.5, 0.6) is 0 Å². The number of primary amides is 1. The number of H-pyrrole nitrogens is 1. The zero-order valence-corrected chi connectivity index (χ0v) is 23.3. The molecule has 212 valence electrons. The van der Waals surface area contributed by atoms with E-state index in [1.807, 2.05) is 30.1 Å². The van der Waals surface area contributed by atoms with Crippen molar-refractivity contribution >= 4 is 17.5 Å². The Hall–Kier alpha value is -4.49. The first-order valence-corrected chi connectivity index (χ1v) is 14.0. The topological polar surface area (TPSA) is 167 Å². The lowest BCUT2D eigenvalue weighted by atomic mass is 9.69. The van der Waals surface area contributed by atoms with Gasteiger partial charge in [0.15, 0.2) is 0 Å². The third kappa shape index (κ3) is 5.45. The Bertz CT molecular complexity index is 1440. The molecule has 3 unspecified atom stereocenters. The molecule has 5 rings (SSSR count). The molecule has 0 saturated heterocycles. The molecule has 0 aliphatic heterocycles. The number of nitrogens with zero attached hydrogens (tertiary/aromatic N) is 4. The molecule has 2 aromatic carbocycles. The summed E-state index contributed by atoms with van der Waals surface area (Å²) in [5.74, 6) is 0.645. The highest BCUT2D eigenvalue weighted by Crippen LogP contribution is 2.46. The maximum atomic E-state index is 13.0. The molecule has 1 heterocycles. The first-order chi connectivity index (χ1) is 19.8. The number of amides is 2. The van der Waals surface area contributed by atoms with Crippen LogP contribution in [0.4, 0.5) is 0 Å². The van der Waals surface area contributed by atoms with E-state index in [2.05, 4.69) is 45.3 Å². The summed E-state index contributed by atoms with van der Waals surface area (Å²) >= 11 is 0. The zero-order valence-electron chi connectivity index (χ0n) is 23.3. The third-order valence-electron chi connectivity index (χ3n) is 8.62. The predicted octanol–water partition coefficient (Wildman–Crippen LogP) is 2.40. The number of carbonyl (C=O) groups is 2. The van der Waals surface area contributed by atoms with E-state index >= 15 is 0 Å². The molecule has 6 N–H and O–H groups in total. The van der Waals surface area contributed by atoms with Gasteiger partial charge in [-0.1, -0.05) is 24.8 Å². The van der Waals surface area contributed by atoms with Gasteiger partial charge in [0, 0.05) is 30.8 Å². The Kier molecular flexibility index (Phi) is 7.90. The summed E-state index contributed by atoms with van der Waals surface area (Å²) in [6.45, 7) is 4.64. The number of likely N-dealkylation sites (N-methyl/N-ethyl adjacent to an activating group) is 1. The minimum absolute atomic E-state index is 0.0297. The van der Waals surface area contributed by atoms with E-state index in [1.54, 1.807) is 6.07 Å². The molecule has 41 heavy (non-hydrogen) atoms. The minimum atomic E-state index is -0.733. The molecule has 10 nitrogen and oxygen atoms in total. The van der Waals surface area contributed by atoms with Crippen molar-refractivity contribution in [2.45, 2.75) is 50.0 Å². The van der Waals surface area contributed by atoms with Crippen LogP contribution in [-0.2, 0) is 23.1 Å². The molecule has 2 aliphatic carbocycles. The van der Waals surface area contributed by atoms with Crippen molar-refractivity contribution in [2.75, 3.05) is 20.1 Å². The van der Waals surface area contributed by atoms with Crippen LogP contribution in [0.1, 0.15) is 69.7 Å². The molecule has 10 heteroatoms. The Morgan fingerprint density at radius 1 is 1.17 bits per heavy atom. The molecule has 1 saturated carbocycles. The van der Waals surface area contributed by atoms with Crippen molar-refractivity contribution in [1.82, 2.24) is 25.4 Å². The number of hydrogen-bond donors (Lipinski definition) is 4. The lowest BCUT2D eigenvalue weighted by Crippen LogP contribution is -2.40. The molecular formula is C31H36N8O2. The molecule has 2 amide bonds. The molecule has 1 fully saturated rings. The number of nitriles is 1. The number of aromatic nitrogens is 3. The van der Waals surface area contributed by atoms with Gasteiger partial charge in [0.25, 0.3) is 0 Å². The lowest BCUT2D eigenvalue weighted by Gasteiger charge is -2.35. The minimum Gasteiger partial charge on any atom is -0.399 e. The zero-order chi connectivity index (χ0) is 29.1. The van der Waals surface area contributed by atoms with Crippen molar-refractivity contribution in [3.8, 4) is 6.07 Å². The Labute approximate surface area is 239 Å². The van der Waals surface area contributed by atoms with Crippen LogP contribution in [0.25, 0.3) is 5.70 Å². The van der Waals surface area contributed by atoms with Crippen LogP contribution < -0.4 is 16.8 Å². The second-order valence-electron chi connectivity index (χ2n) is 11.1. The van der Waals surface area contributed by atoms with Crippen LogP contribution in [0.15, 0.2) is 49.3 Å². The molecule has 0 bridgehead atoms. The van der Waals surface area contributed by atoms with Gasteiger partial charge >= 0.3 is 0 Å². The summed E-state index contributed by atoms with van der Waals surface area (Å²) in [5.41, 5.74) is 17.0. The van der Waals surface area contributed by atoms with Crippen LogP contribution in [-0.4, -0.2) is 58.1 Å². The maximum Gasteiger partial charge on any atom is 0.248 e. The van der Waals surface area contributed by atoms with E-state index < -0.39 is 11.3 Å². The van der Waals surface area contributed by atoms with Crippen LogP contribution in [0.3, 0.4) is 0 Å². The van der Waals surface area contributed by atoms with Gasteiger partial charge in [-0.3, -0.25) is 14.7 Å². The maximum absolute atomic E-state index is 13.0. The van der Waals surface area contributed by atoms with E-state index in [9.17, 15) is 9.59 Å². The Balaban J connectivity index is 1.46. The highest BCUT2D eigenvalue weighted by Gasteiger charge is 2.44. The quantitative estimate of drug-likeness (QED) is 0.265. The average Bonchev–Trinajstić information content (AvgIpc) is 3.57. The van der Waals surface area contributed by atoms with Gasteiger partial charge in [0.2, 0.25) is 11.8 Å². The predicted molar refractivity (Wildman–Crippen MR) is 155 cm³/mol. The fourth-order valence-electron chi connectivity index (χ4n) is 6.30. The smallest absolute Gasteiger partial charge is 0.248 e. The third-order valence-corrected chi connectivity index (χ3v) is 8.62. The monoisotopic (exact) mass is 552 g/mol. The van der Waals surface area contributed by atoms with Crippen molar-refractivity contribution in [3.63, 3.8) is 0 Å². The van der Waals surface area contributed by atoms with Gasteiger partial charge in [0.05, 0.1) is 18.0 Å². The SMILES string of the molecule is C=C(N)c1ccc2c(c1)CCc1cc(C(N)=O)ccc1C2(CCNCC(=O)N(C)C1CC1CCC#N)c1ncn[nH]1. The number of carbonyl (C=O) groups excluding carboxylic acids is 2. The average molecular weight is 553 g/mol. The van der Waals surface area contributed by atoms with Gasteiger partial charge < -0.3 is 21.7 Å². The summed E-state index contributed by atoms with van der Waals surface area (Å²) in [6.07, 6.45) is 5.82. The highest BCUT2D eigenvalue weighted by atomic mass is 16.2. The second kappa shape index (κ2) is 11.6. The van der Waals surface area contributed by atoms with Gasteiger partial charge in [-0.25, -0.2) is 4.98 Å². The fourth-order valence-corrected chi connectivity index (χ4v) is 6.30. The first kappa shape index (κ1) is 28.1. The molecule has 0 radical (unpaired) electrons. The number of aromatic amines is 1. The number of hydrogen-bond acceptors (Lipinski definition) is 7. The van der Waals surface area contributed by atoms with Crippen molar-refractivity contribution in [3.05, 3.63) is 88.5 Å². The van der Waals surface area contributed by atoms with Gasteiger partial charge in [0.1, 0.15) is 12.2 Å². The number of fused-ring (bicyclic) bond motifs is 2. The summed E-state index contributed by atoms with van der Waals surface area (Å²) in [6, 6.07) is 14.1. The van der Waals surface area contributed by atoms with Crippen molar-refractivity contribution in [1.29, 1.82) is 5.26 Å².